The molecule has 3 aromatic rings. The Morgan fingerprint density at radius 2 is 1.48 bits per heavy atom. The molecule has 0 radical (unpaired) electrons. The number of benzene rings is 2. The molecule has 0 N–H and O–H groups in total. The lowest BCUT2D eigenvalue weighted by atomic mass is 9.98. The number of nitro benzene ring substituents is 1. The fourth-order valence-electron chi connectivity index (χ4n) is 2.67. The molecule has 0 saturated carbocycles. The topological polar surface area (TPSA) is 47.0 Å². The number of hydrogen-bond acceptors (Lipinski definition) is 2. The molecule has 2 aromatic carbocycles. The third-order valence-corrected chi connectivity index (χ3v) is 3.86. The maximum absolute atomic E-state index is 10.8. The Hall–Kier alpha value is -3.01. The van der Waals surface area contributed by atoms with E-state index in [0.717, 1.165) is 12.0 Å². The Bertz CT molecular complexity index is 771. The predicted molar refractivity (Wildman–Crippen MR) is 88.0 cm³/mol. The molecule has 23 heavy (non-hydrogen) atoms. The van der Waals surface area contributed by atoms with Crippen molar-refractivity contribution in [1.82, 2.24) is 0 Å². The van der Waals surface area contributed by atoms with E-state index in [1.165, 1.54) is 5.56 Å². The van der Waals surface area contributed by atoms with Crippen molar-refractivity contribution in [3.8, 4) is 0 Å². The lowest BCUT2D eigenvalue weighted by molar-refractivity contribution is -0.713. The van der Waals surface area contributed by atoms with Crippen LogP contribution in [-0.2, 0) is 6.42 Å². The van der Waals surface area contributed by atoms with E-state index in [2.05, 4.69) is 16.7 Å². The maximum Gasteiger partial charge on any atom is 0.269 e. The zero-order chi connectivity index (χ0) is 16.1. The van der Waals surface area contributed by atoms with Crippen molar-refractivity contribution in [2.45, 2.75) is 12.5 Å². The molecule has 0 aliphatic rings. The van der Waals surface area contributed by atoms with Gasteiger partial charge in [-0.2, -0.15) is 4.57 Å². The number of hydrogen-bond donors (Lipinski definition) is 0. The van der Waals surface area contributed by atoms with E-state index in [-0.39, 0.29) is 16.7 Å². The molecule has 114 valence electrons. The molecule has 4 nitrogen and oxygen atoms in total. The highest BCUT2D eigenvalue weighted by Crippen LogP contribution is 2.21. The summed E-state index contributed by atoms with van der Waals surface area (Å²) in [5, 5.41) is 10.8. The first-order valence-corrected chi connectivity index (χ1v) is 7.48. The molecule has 1 heterocycles. The number of aromatic nitrogens is 1. The van der Waals surface area contributed by atoms with Crippen LogP contribution in [0.4, 0.5) is 5.69 Å². The highest BCUT2D eigenvalue weighted by molar-refractivity contribution is 5.34. The van der Waals surface area contributed by atoms with Crippen LogP contribution in [0.1, 0.15) is 17.2 Å². The van der Waals surface area contributed by atoms with Crippen LogP contribution in [0.25, 0.3) is 0 Å². The molecule has 1 unspecified atom stereocenters. The van der Waals surface area contributed by atoms with Gasteiger partial charge in [0.25, 0.3) is 5.69 Å². The minimum absolute atomic E-state index is 0.0967. The van der Waals surface area contributed by atoms with E-state index in [0.29, 0.717) is 0 Å². The van der Waals surface area contributed by atoms with Gasteiger partial charge in [0.15, 0.2) is 18.4 Å². The van der Waals surface area contributed by atoms with E-state index < -0.39 is 0 Å². The lowest BCUT2D eigenvalue weighted by Gasteiger charge is -2.13. The molecule has 0 amide bonds. The number of non-ortho nitro benzene ring substituents is 1. The van der Waals surface area contributed by atoms with Crippen LogP contribution in [0.15, 0.2) is 85.2 Å². The summed E-state index contributed by atoms with van der Waals surface area (Å²) >= 11 is 0. The molecule has 1 aromatic heterocycles. The summed E-state index contributed by atoms with van der Waals surface area (Å²) in [7, 11) is 0. The van der Waals surface area contributed by atoms with Crippen LogP contribution in [0.2, 0.25) is 0 Å². The maximum atomic E-state index is 10.8. The zero-order valence-corrected chi connectivity index (χ0v) is 12.6. The monoisotopic (exact) mass is 305 g/mol. The average Bonchev–Trinajstić information content (AvgIpc) is 2.61. The van der Waals surface area contributed by atoms with Gasteiger partial charge in [0.1, 0.15) is 0 Å². The summed E-state index contributed by atoms with van der Waals surface area (Å²) in [6.45, 7) is 0. The Balaban J connectivity index is 1.96. The molecular formula is C19H17N2O2+. The third kappa shape index (κ3) is 3.61. The fraction of sp³-hybridized carbons (Fsp3) is 0.105. The van der Waals surface area contributed by atoms with E-state index in [1.807, 2.05) is 60.9 Å². The Labute approximate surface area is 134 Å². The van der Waals surface area contributed by atoms with Crippen molar-refractivity contribution in [2.24, 2.45) is 0 Å². The van der Waals surface area contributed by atoms with Crippen molar-refractivity contribution in [3.63, 3.8) is 0 Å². The predicted octanol–water partition coefficient (Wildman–Crippen LogP) is 3.71. The van der Waals surface area contributed by atoms with Gasteiger partial charge in [-0.25, -0.2) is 0 Å². The van der Waals surface area contributed by atoms with E-state index in [9.17, 15) is 10.1 Å². The second-order valence-electron chi connectivity index (χ2n) is 5.38. The van der Waals surface area contributed by atoms with Crippen molar-refractivity contribution in [3.05, 3.63) is 106 Å². The fourth-order valence-corrected chi connectivity index (χ4v) is 2.67. The Morgan fingerprint density at radius 3 is 2.09 bits per heavy atom. The highest BCUT2D eigenvalue weighted by Gasteiger charge is 2.22. The van der Waals surface area contributed by atoms with Gasteiger partial charge in [0.2, 0.25) is 0 Å². The second-order valence-corrected chi connectivity index (χ2v) is 5.38. The summed E-state index contributed by atoms with van der Waals surface area (Å²) in [4.78, 5) is 10.5. The minimum Gasteiger partial charge on any atom is -0.258 e. The first kappa shape index (κ1) is 14.9. The van der Waals surface area contributed by atoms with Gasteiger partial charge in [-0.05, 0) is 17.7 Å². The van der Waals surface area contributed by atoms with Crippen molar-refractivity contribution >= 4 is 5.69 Å². The molecule has 4 heteroatoms. The van der Waals surface area contributed by atoms with Gasteiger partial charge >= 0.3 is 0 Å². The summed E-state index contributed by atoms with van der Waals surface area (Å²) < 4.78 is 2.13. The molecular weight excluding hydrogens is 288 g/mol. The largest absolute Gasteiger partial charge is 0.269 e. The molecule has 1 atom stereocenters. The van der Waals surface area contributed by atoms with E-state index >= 15 is 0 Å². The second kappa shape index (κ2) is 6.83. The summed E-state index contributed by atoms with van der Waals surface area (Å²) in [5.41, 5.74) is 2.40. The van der Waals surface area contributed by atoms with Crippen LogP contribution in [-0.4, -0.2) is 4.92 Å². The zero-order valence-electron chi connectivity index (χ0n) is 12.6. The summed E-state index contributed by atoms with van der Waals surface area (Å²) in [6.07, 6.45) is 4.87. The normalized spacial score (nSPS) is 11.8. The number of nitro groups is 1. The molecule has 0 fully saturated rings. The van der Waals surface area contributed by atoms with Crippen molar-refractivity contribution in [1.29, 1.82) is 0 Å². The van der Waals surface area contributed by atoms with Crippen molar-refractivity contribution < 1.29 is 9.49 Å². The summed E-state index contributed by atoms with van der Waals surface area (Å²) in [6, 6.07) is 23.1. The smallest absolute Gasteiger partial charge is 0.258 e. The average molecular weight is 305 g/mol. The lowest BCUT2D eigenvalue weighted by Crippen LogP contribution is -2.40. The van der Waals surface area contributed by atoms with Gasteiger partial charge in [-0.3, -0.25) is 10.1 Å². The van der Waals surface area contributed by atoms with Crippen LogP contribution in [0.5, 0.6) is 0 Å². The van der Waals surface area contributed by atoms with Crippen LogP contribution in [0, 0.1) is 10.1 Å². The standard InChI is InChI=1S/C19H17N2O2/c22-21(23)18-11-9-17(10-12-18)19(20-13-5-2-6-14-20)15-16-7-3-1-4-8-16/h1-14,19H,15H2/q+1. The number of nitrogens with zero attached hydrogens (tertiary/aromatic N) is 2. The third-order valence-electron chi connectivity index (χ3n) is 3.86. The number of rotatable bonds is 5. The van der Waals surface area contributed by atoms with Gasteiger partial charge in [-0.1, -0.05) is 36.4 Å². The SMILES string of the molecule is O=[N+]([O-])c1ccc(C(Cc2ccccc2)[n+]2ccccc2)cc1. The molecule has 0 spiro atoms. The van der Waals surface area contributed by atoms with Gasteiger partial charge in [0, 0.05) is 36.2 Å². The Morgan fingerprint density at radius 1 is 0.870 bits per heavy atom. The molecule has 0 aliphatic carbocycles. The molecule has 0 bridgehead atoms. The van der Waals surface area contributed by atoms with Crippen molar-refractivity contribution in [2.75, 3.05) is 0 Å². The molecule has 0 saturated heterocycles. The highest BCUT2D eigenvalue weighted by atomic mass is 16.6. The first-order valence-electron chi connectivity index (χ1n) is 7.48. The number of pyridine rings is 1. The van der Waals surface area contributed by atoms with Crippen LogP contribution < -0.4 is 4.57 Å². The summed E-state index contributed by atoms with van der Waals surface area (Å²) in [5.74, 6) is 0. The quantitative estimate of drug-likeness (QED) is 0.410. The van der Waals surface area contributed by atoms with Gasteiger partial charge < -0.3 is 0 Å². The van der Waals surface area contributed by atoms with E-state index in [4.69, 9.17) is 0 Å². The first-order chi connectivity index (χ1) is 11.2. The minimum atomic E-state index is -0.369. The Kier molecular flexibility index (Phi) is 4.43. The van der Waals surface area contributed by atoms with Crippen LogP contribution in [0.3, 0.4) is 0 Å². The van der Waals surface area contributed by atoms with Gasteiger partial charge in [0.05, 0.1) is 4.92 Å². The van der Waals surface area contributed by atoms with Crippen LogP contribution >= 0.6 is 0 Å². The molecule has 3 rings (SSSR count). The molecule has 0 aliphatic heterocycles. The van der Waals surface area contributed by atoms with Gasteiger partial charge in [-0.15, -0.1) is 0 Å². The van der Waals surface area contributed by atoms with E-state index in [1.54, 1.807) is 12.1 Å².